The molecule has 128 valence electrons. The van der Waals surface area contributed by atoms with Crippen molar-refractivity contribution in [3.05, 3.63) is 23.3 Å². The SMILES string of the molecule is CCCc1c(OCCCC(=O)O)ccc(C(=N)C(F)(F)F)c1O. The number of alkyl halides is 3. The summed E-state index contributed by atoms with van der Waals surface area (Å²) in [5.41, 5.74) is -2.03. The highest BCUT2D eigenvalue weighted by atomic mass is 19.4. The summed E-state index contributed by atoms with van der Waals surface area (Å²) < 4.78 is 43.3. The number of nitrogens with one attached hydrogen (secondary N) is 1. The molecule has 0 saturated carbocycles. The van der Waals surface area contributed by atoms with E-state index in [-0.39, 0.29) is 37.2 Å². The molecule has 0 radical (unpaired) electrons. The van der Waals surface area contributed by atoms with Gasteiger partial charge in [-0.05, 0) is 25.0 Å². The largest absolute Gasteiger partial charge is 0.507 e. The third-order valence-electron chi connectivity index (χ3n) is 3.09. The molecule has 0 unspecified atom stereocenters. The maximum Gasteiger partial charge on any atom is 0.433 e. The van der Waals surface area contributed by atoms with E-state index in [2.05, 4.69) is 0 Å². The van der Waals surface area contributed by atoms with Crippen LogP contribution in [0.25, 0.3) is 0 Å². The Hall–Kier alpha value is -2.25. The number of aromatic hydroxyl groups is 1. The average Bonchev–Trinajstić information content (AvgIpc) is 2.45. The molecule has 0 atom stereocenters. The molecule has 5 nitrogen and oxygen atoms in total. The minimum Gasteiger partial charge on any atom is -0.507 e. The first-order valence-electron chi connectivity index (χ1n) is 7.04. The summed E-state index contributed by atoms with van der Waals surface area (Å²) >= 11 is 0. The molecule has 1 rings (SSSR count). The molecular weight excluding hydrogens is 315 g/mol. The van der Waals surface area contributed by atoms with Gasteiger partial charge in [-0.25, -0.2) is 0 Å². The number of phenols is 1. The molecule has 8 heteroatoms. The second kappa shape index (κ2) is 7.85. The maximum atomic E-state index is 12.6. The highest BCUT2D eigenvalue weighted by Crippen LogP contribution is 2.35. The fourth-order valence-corrected chi connectivity index (χ4v) is 2.00. The van der Waals surface area contributed by atoms with Crippen LogP contribution in [0.1, 0.15) is 37.3 Å². The van der Waals surface area contributed by atoms with Gasteiger partial charge in [-0.2, -0.15) is 13.2 Å². The van der Waals surface area contributed by atoms with E-state index in [0.717, 1.165) is 6.07 Å². The highest BCUT2D eigenvalue weighted by molar-refractivity contribution is 6.04. The summed E-state index contributed by atoms with van der Waals surface area (Å²) in [4.78, 5) is 10.4. The van der Waals surface area contributed by atoms with Crippen molar-refractivity contribution in [1.29, 1.82) is 5.41 Å². The summed E-state index contributed by atoms with van der Waals surface area (Å²) in [5.74, 6) is -1.39. The Morgan fingerprint density at radius 2 is 2.00 bits per heavy atom. The quantitative estimate of drug-likeness (QED) is 0.501. The summed E-state index contributed by atoms with van der Waals surface area (Å²) in [6.45, 7) is 1.86. The zero-order valence-electron chi connectivity index (χ0n) is 12.5. The van der Waals surface area contributed by atoms with E-state index in [9.17, 15) is 23.1 Å². The van der Waals surface area contributed by atoms with Gasteiger partial charge in [0.1, 0.15) is 17.2 Å². The van der Waals surface area contributed by atoms with E-state index in [4.69, 9.17) is 15.3 Å². The normalized spacial score (nSPS) is 11.3. The molecular formula is C15H18F3NO4. The molecule has 0 aliphatic carbocycles. The van der Waals surface area contributed by atoms with Gasteiger partial charge in [0.15, 0.2) is 0 Å². The second-order valence-electron chi connectivity index (χ2n) is 4.91. The summed E-state index contributed by atoms with van der Waals surface area (Å²) in [6.07, 6.45) is -3.88. The van der Waals surface area contributed by atoms with Gasteiger partial charge in [0.05, 0.1) is 6.61 Å². The zero-order valence-corrected chi connectivity index (χ0v) is 12.5. The van der Waals surface area contributed by atoms with Crippen molar-refractivity contribution in [1.82, 2.24) is 0 Å². The van der Waals surface area contributed by atoms with Crippen molar-refractivity contribution in [2.24, 2.45) is 0 Å². The van der Waals surface area contributed by atoms with Gasteiger partial charge in [-0.3, -0.25) is 10.2 Å². The molecule has 0 aliphatic rings. The molecule has 3 N–H and O–H groups in total. The van der Waals surface area contributed by atoms with Crippen molar-refractivity contribution >= 4 is 11.7 Å². The van der Waals surface area contributed by atoms with Gasteiger partial charge in [-0.1, -0.05) is 13.3 Å². The lowest BCUT2D eigenvalue weighted by Crippen LogP contribution is -2.23. The molecule has 1 aromatic carbocycles. The predicted molar refractivity (Wildman–Crippen MR) is 77.4 cm³/mol. The Morgan fingerprint density at radius 1 is 1.35 bits per heavy atom. The van der Waals surface area contributed by atoms with Crippen molar-refractivity contribution in [3.8, 4) is 11.5 Å². The zero-order chi connectivity index (χ0) is 17.6. The summed E-state index contributed by atoms with van der Waals surface area (Å²) in [7, 11) is 0. The van der Waals surface area contributed by atoms with Gasteiger partial charge in [0.25, 0.3) is 0 Å². The number of carboxylic acid groups (broad SMARTS) is 1. The Labute approximate surface area is 131 Å². The molecule has 0 aliphatic heterocycles. The van der Waals surface area contributed by atoms with Gasteiger partial charge < -0.3 is 14.9 Å². The topological polar surface area (TPSA) is 90.6 Å². The number of rotatable bonds is 8. The maximum absolute atomic E-state index is 12.6. The Kier molecular flexibility index (Phi) is 6.41. The van der Waals surface area contributed by atoms with E-state index < -0.39 is 29.2 Å². The van der Waals surface area contributed by atoms with Crippen LogP contribution in [0.4, 0.5) is 13.2 Å². The number of halogens is 3. The fourth-order valence-electron chi connectivity index (χ4n) is 2.00. The number of aliphatic carboxylic acids is 1. The molecule has 0 fully saturated rings. The van der Waals surface area contributed by atoms with E-state index >= 15 is 0 Å². The van der Waals surface area contributed by atoms with Crippen LogP contribution in [-0.2, 0) is 11.2 Å². The fraction of sp³-hybridized carbons (Fsp3) is 0.467. The third kappa shape index (κ3) is 5.15. The lowest BCUT2D eigenvalue weighted by molar-refractivity contribution is -0.137. The number of benzene rings is 1. The molecule has 0 bridgehead atoms. The Bertz CT molecular complexity index is 585. The molecule has 0 amide bonds. The van der Waals surface area contributed by atoms with Crippen molar-refractivity contribution in [2.75, 3.05) is 6.61 Å². The monoisotopic (exact) mass is 333 g/mol. The number of carboxylic acids is 1. The van der Waals surface area contributed by atoms with E-state index in [0.29, 0.717) is 6.42 Å². The molecule has 23 heavy (non-hydrogen) atoms. The van der Waals surface area contributed by atoms with Crippen LogP contribution in [0.3, 0.4) is 0 Å². The van der Waals surface area contributed by atoms with Gasteiger partial charge in [0, 0.05) is 17.5 Å². The number of carbonyl (C=O) groups is 1. The highest BCUT2D eigenvalue weighted by Gasteiger charge is 2.37. The minimum atomic E-state index is -4.86. The van der Waals surface area contributed by atoms with Crippen LogP contribution >= 0.6 is 0 Å². The first-order chi connectivity index (χ1) is 10.7. The van der Waals surface area contributed by atoms with Crippen LogP contribution in [0, 0.1) is 5.41 Å². The number of hydrogen-bond donors (Lipinski definition) is 3. The van der Waals surface area contributed by atoms with Gasteiger partial charge in [0.2, 0.25) is 0 Å². The first kappa shape index (κ1) is 18.8. The molecule has 1 aromatic rings. The number of ether oxygens (including phenoxy) is 1. The number of phenolic OH excluding ortho intramolecular Hbond substituents is 1. The second-order valence-corrected chi connectivity index (χ2v) is 4.91. The molecule has 0 heterocycles. The smallest absolute Gasteiger partial charge is 0.433 e. The Balaban J connectivity index is 3.02. The average molecular weight is 333 g/mol. The lowest BCUT2D eigenvalue weighted by atomic mass is 10.00. The van der Waals surface area contributed by atoms with Crippen LogP contribution in [0.2, 0.25) is 0 Å². The first-order valence-corrected chi connectivity index (χ1v) is 7.04. The van der Waals surface area contributed by atoms with Crippen molar-refractivity contribution in [2.45, 2.75) is 38.8 Å². The van der Waals surface area contributed by atoms with E-state index in [1.165, 1.54) is 6.07 Å². The van der Waals surface area contributed by atoms with Gasteiger partial charge in [-0.15, -0.1) is 0 Å². The molecule has 0 spiro atoms. The summed E-state index contributed by atoms with van der Waals surface area (Å²) in [6, 6.07) is 2.25. The van der Waals surface area contributed by atoms with Crippen LogP contribution in [0.15, 0.2) is 12.1 Å². The standard InChI is InChI=1S/C15H18F3NO4/c1-2-4-9-11(23-8-3-5-12(20)21)7-6-10(13(9)22)14(19)15(16,17)18/h6-7,19,22H,2-5,8H2,1H3,(H,20,21). The molecule has 0 aromatic heterocycles. The predicted octanol–water partition coefficient (Wildman–Crippen LogP) is 3.52. The third-order valence-corrected chi connectivity index (χ3v) is 3.09. The number of hydrogen-bond acceptors (Lipinski definition) is 4. The van der Waals surface area contributed by atoms with E-state index in [1.807, 2.05) is 0 Å². The summed E-state index contributed by atoms with van der Waals surface area (Å²) in [5, 5.41) is 25.8. The van der Waals surface area contributed by atoms with Crippen LogP contribution in [0.5, 0.6) is 11.5 Å². The van der Waals surface area contributed by atoms with E-state index in [1.54, 1.807) is 6.92 Å². The van der Waals surface area contributed by atoms with Crippen molar-refractivity contribution in [3.63, 3.8) is 0 Å². The van der Waals surface area contributed by atoms with Crippen molar-refractivity contribution < 1.29 is 32.9 Å². The van der Waals surface area contributed by atoms with Crippen LogP contribution < -0.4 is 4.74 Å². The molecule has 0 saturated heterocycles. The Morgan fingerprint density at radius 3 is 2.52 bits per heavy atom. The lowest BCUT2D eigenvalue weighted by Gasteiger charge is -2.16. The van der Waals surface area contributed by atoms with Gasteiger partial charge >= 0.3 is 12.1 Å². The van der Waals surface area contributed by atoms with Crippen LogP contribution in [-0.4, -0.2) is 34.7 Å². The minimum absolute atomic E-state index is 0.0680.